The van der Waals surface area contributed by atoms with Gasteiger partial charge in [-0.2, -0.15) is 0 Å². The quantitative estimate of drug-likeness (QED) is 0.494. The van der Waals surface area contributed by atoms with Crippen molar-refractivity contribution in [3.63, 3.8) is 0 Å². The van der Waals surface area contributed by atoms with Gasteiger partial charge >= 0.3 is 0 Å². The van der Waals surface area contributed by atoms with Crippen molar-refractivity contribution in [3.05, 3.63) is 0 Å². The summed E-state index contributed by atoms with van der Waals surface area (Å²) in [6.07, 6.45) is -0.103. The number of hydrogen-bond donors (Lipinski definition) is 1. The van der Waals surface area contributed by atoms with Gasteiger partial charge in [0.2, 0.25) is 0 Å². The fourth-order valence-electron chi connectivity index (χ4n) is 0.728. The summed E-state index contributed by atoms with van der Waals surface area (Å²) in [6, 6.07) is 0. The SMILES string of the molecule is CC1=NCC(N)N=C1C. The third-order valence-electron chi connectivity index (χ3n) is 1.40. The summed E-state index contributed by atoms with van der Waals surface area (Å²) in [5.41, 5.74) is 7.47. The van der Waals surface area contributed by atoms with Crippen LogP contribution in [-0.2, 0) is 0 Å². The largest absolute Gasteiger partial charge is 0.308 e. The molecular weight excluding hydrogens is 114 g/mol. The Morgan fingerprint density at radius 3 is 2.56 bits per heavy atom. The molecule has 0 bridgehead atoms. The molecule has 1 unspecified atom stereocenters. The third kappa shape index (κ3) is 1.36. The van der Waals surface area contributed by atoms with Crippen LogP contribution >= 0.6 is 0 Å². The smallest absolute Gasteiger partial charge is 0.117 e. The van der Waals surface area contributed by atoms with Crippen molar-refractivity contribution in [2.45, 2.75) is 20.0 Å². The van der Waals surface area contributed by atoms with E-state index in [2.05, 4.69) is 9.98 Å². The van der Waals surface area contributed by atoms with Gasteiger partial charge in [-0.1, -0.05) is 0 Å². The number of nitrogens with zero attached hydrogens (tertiary/aromatic N) is 2. The predicted octanol–water partition coefficient (Wildman–Crippen LogP) is 0.207. The average Bonchev–Trinajstić information content (AvgIpc) is 1.80. The Hall–Kier alpha value is -0.700. The van der Waals surface area contributed by atoms with E-state index in [-0.39, 0.29) is 6.17 Å². The monoisotopic (exact) mass is 125 g/mol. The van der Waals surface area contributed by atoms with E-state index in [1.54, 1.807) is 0 Å². The Morgan fingerprint density at radius 2 is 2.11 bits per heavy atom. The van der Waals surface area contributed by atoms with Gasteiger partial charge in [0.15, 0.2) is 0 Å². The molecule has 0 aromatic heterocycles. The maximum atomic E-state index is 5.49. The van der Waals surface area contributed by atoms with Crippen LogP contribution in [0.3, 0.4) is 0 Å². The Morgan fingerprint density at radius 1 is 1.44 bits per heavy atom. The first-order valence-corrected chi connectivity index (χ1v) is 3.01. The van der Waals surface area contributed by atoms with Crippen molar-refractivity contribution in [1.29, 1.82) is 0 Å². The fourth-order valence-corrected chi connectivity index (χ4v) is 0.728. The van der Waals surface area contributed by atoms with E-state index in [1.807, 2.05) is 13.8 Å². The first-order valence-electron chi connectivity index (χ1n) is 3.01. The van der Waals surface area contributed by atoms with Crippen molar-refractivity contribution in [2.75, 3.05) is 6.54 Å². The molecule has 0 aliphatic carbocycles. The van der Waals surface area contributed by atoms with E-state index < -0.39 is 0 Å². The molecule has 1 aliphatic rings. The molecule has 0 aromatic rings. The molecule has 0 saturated carbocycles. The molecule has 3 nitrogen and oxygen atoms in total. The molecule has 1 atom stereocenters. The number of hydrogen-bond acceptors (Lipinski definition) is 3. The van der Waals surface area contributed by atoms with Gasteiger partial charge in [-0.3, -0.25) is 9.98 Å². The van der Waals surface area contributed by atoms with Gasteiger partial charge < -0.3 is 5.73 Å². The molecule has 0 aromatic carbocycles. The number of aliphatic imine (C=N–C) groups is 2. The normalized spacial score (nSPS) is 27.2. The summed E-state index contributed by atoms with van der Waals surface area (Å²) in [5, 5.41) is 0. The third-order valence-corrected chi connectivity index (χ3v) is 1.40. The lowest BCUT2D eigenvalue weighted by Crippen LogP contribution is -2.28. The summed E-state index contributed by atoms with van der Waals surface area (Å²) in [6.45, 7) is 4.52. The fraction of sp³-hybridized carbons (Fsp3) is 0.667. The predicted molar refractivity (Wildman–Crippen MR) is 39.1 cm³/mol. The minimum atomic E-state index is -0.103. The van der Waals surface area contributed by atoms with Crippen LogP contribution < -0.4 is 5.73 Å². The molecule has 0 fully saturated rings. The van der Waals surface area contributed by atoms with E-state index in [1.165, 1.54) is 0 Å². The molecule has 50 valence electrons. The Kier molecular flexibility index (Phi) is 1.62. The van der Waals surface area contributed by atoms with Crippen LogP contribution in [0.15, 0.2) is 9.98 Å². The lowest BCUT2D eigenvalue weighted by molar-refractivity contribution is 0.714. The van der Waals surface area contributed by atoms with Gasteiger partial charge in [0.25, 0.3) is 0 Å². The van der Waals surface area contributed by atoms with Gasteiger partial charge in [0, 0.05) is 0 Å². The van der Waals surface area contributed by atoms with Crippen LogP contribution in [0.25, 0.3) is 0 Å². The summed E-state index contributed by atoms with van der Waals surface area (Å²) >= 11 is 0. The summed E-state index contributed by atoms with van der Waals surface area (Å²) in [4.78, 5) is 8.28. The minimum absolute atomic E-state index is 0.103. The van der Waals surface area contributed by atoms with Crippen molar-refractivity contribution < 1.29 is 0 Å². The highest BCUT2D eigenvalue weighted by Crippen LogP contribution is 1.96. The van der Waals surface area contributed by atoms with Gasteiger partial charge in [-0.25, -0.2) is 0 Å². The van der Waals surface area contributed by atoms with Crippen molar-refractivity contribution in [1.82, 2.24) is 0 Å². The Balaban J connectivity index is 2.75. The summed E-state index contributed by atoms with van der Waals surface area (Å²) in [5.74, 6) is 0. The zero-order chi connectivity index (χ0) is 6.85. The van der Waals surface area contributed by atoms with Crippen molar-refractivity contribution >= 4 is 11.4 Å². The van der Waals surface area contributed by atoms with Crippen molar-refractivity contribution in [3.8, 4) is 0 Å². The highest BCUT2D eigenvalue weighted by molar-refractivity contribution is 6.40. The average molecular weight is 125 g/mol. The van der Waals surface area contributed by atoms with Crippen LogP contribution in [0.5, 0.6) is 0 Å². The van der Waals surface area contributed by atoms with Gasteiger partial charge in [-0.05, 0) is 13.8 Å². The van der Waals surface area contributed by atoms with E-state index in [9.17, 15) is 0 Å². The second kappa shape index (κ2) is 2.27. The zero-order valence-electron chi connectivity index (χ0n) is 5.76. The van der Waals surface area contributed by atoms with E-state index >= 15 is 0 Å². The lowest BCUT2D eigenvalue weighted by Gasteiger charge is -2.11. The summed E-state index contributed by atoms with van der Waals surface area (Å²) < 4.78 is 0. The highest BCUT2D eigenvalue weighted by Gasteiger charge is 2.06. The molecule has 2 N–H and O–H groups in total. The molecule has 0 amide bonds. The zero-order valence-corrected chi connectivity index (χ0v) is 5.76. The van der Waals surface area contributed by atoms with Gasteiger partial charge in [-0.15, -0.1) is 0 Å². The van der Waals surface area contributed by atoms with E-state index in [4.69, 9.17) is 5.73 Å². The highest BCUT2D eigenvalue weighted by atomic mass is 15.0. The molecule has 1 aliphatic heterocycles. The van der Waals surface area contributed by atoms with Crippen LogP contribution in [0.1, 0.15) is 13.8 Å². The van der Waals surface area contributed by atoms with Crippen LogP contribution in [-0.4, -0.2) is 24.1 Å². The van der Waals surface area contributed by atoms with E-state index in [0.29, 0.717) is 6.54 Å². The molecule has 3 heteroatoms. The standard InChI is InChI=1S/C6H11N3/c1-4-5(2)9-6(7)3-8-4/h6H,3,7H2,1-2H3. The van der Waals surface area contributed by atoms with Crippen LogP contribution in [0, 0.1) is 0 Å². The molecule has 1 heterocycles. The molecular formula is C6H11N3. The molecule has 9 heavy (non-hydrogen) atoms. The molecule has 0 saturated heterocycles. The second-order valence-corrected chi connectivity index (χ2v) is 2.21. The maximum absolute atomic E-state index is 5.49. The first kappa shape index (κ1) is 6.42. The molecule has 0 spiro atoms. The Bertz CT molecular complexity index is 169. The minimum Gasteiger partial charge on any atom is -0.308 e. The van der Waals surface area contributed by atoms with Gasteiger partial charge in [0.05, 0.1) is 18.0 Å². The van der Waals surface area contributed by atoms with E-state index in [0.717, 1.165) is 11.4 Å². The first-order chi connectivity index (χ1) is 4.20. The maximum Gasteiger partial charge on any atom is 0.117 e. The summed E-state index contributed by atoms with van der Waals surface area (Å²) in [7, 11) is 0. The number of rotatable bonds is 0. The van der Waals surface area contributed by atoms with Crippen LogP contribution in [0.2, 0.25) is 0 Å². The second-order valence-electron chi connectivity index (χ2n) is 2.21. The topological polar surface area (TPSA) is 50.7 Å². The van der Waals surface area contributed by atoms with Crippen LogP contribution in [0.4, 0.5) is 0 Å². The van der Waals surface area contributed by atoms with Crippen molar-refractivity contribution in [2.24, 2.45) is 15.7 Å². The Labute approximate surface area is 54.7 Å². The molecule has 1 rings (SSSR count). The number of nitrogens with two attached hydrogens (primary N) is 1. The lowest BCUT2D eigenvalue weighted by atomic mass is 10.2. The van der Waals surface area contributed by atoms with Gasteiger partial charge in [0.1, 0.15) is 6.17 Å². The molecule has 0 radical (unpaired) electrons.